The summed E-state index contributed by atoms with van der Waals surface area (Å²) in [5.74, 6) is 0.853. The third kappa shape index (κ3) is 1.70. The Morgan fingerprint density at radius 1 is 1.57 bits per heavy atom. The van der Waals surface area contributed by atoms with E-state index in [1.54, 1.807) is 6.20 Å². The highest BCUT2D eigenvalue weighted by molar-refractivity contribution is 6.32. The van der Waals surface area contributed by atoms with E-state index in [4.69, 9.17) is 17.3 Å². The number of hydrogen-bond acceptors (Lipinski definition) is 3. The molecule has 0 radical (unpaired) electrons. The Labute approximate surface area is 88.9 Å². The van der Waals surface area contributed by atoms with Crippen molar-refractivity contribution in [2.24, 2.45) is 5.73 Å². The lowest BCUT2D eigenvalue weighted by molar-refractivity contribution is 0.339. The van der Waals surface area contributed by atoms with Crippen molar-refractivity contribution in [2.75, 3.05) is 11.9 Å². The van der Waals surface area contributed by atoms with Gasteiger partial charge in [0.2, 0.25) is 0 Å². The molecule has 0 spiro atoms. The molecule has 0 saturated heterocycles. The minimum absolute atomic E-state index is 0.352. The van der Waals surface area contributed by atoms with Gasteiger partial charge in [-0.1, -0.05) is 11.6 Å². The second-order valence-corrected chi connectivity index (χ2v) is 4.21. The van der Waals surface area contributed by atoms with Gasteiger partial charge in [-0.15, -0.1) is 0 Å². The van der Waals surface area contributed by atoms with E-state index < -0.39 is 0 Å². The Bertz CT molecular complexity index is 323. The fourth-order valence-corrected chi connectivity index (χ4v) is 2.01. The number of nitrogens with zero attached hydrogens (tertiary/aromatic N) is 2. The van der Waals surface area contributed by atoms with Gasteiger partial charge < -0.3 is 10.6 Å². The summed E-state index contributed by atoms with van der Waals surface area (Å²) in [6, 6.07) is 4.55. The van der Waals surface area contributed by atoms with Gasteiger partial charge in [-0.2, -0.15) is 0 Å². The highest BCUT2D eigenvalue weighted by atomic mass is 35.5. The molecule has 0 aromatic carbocycles. The van der Waals surface area contributed by atoms with Crippen molar-refractivity contribution < 1.29 is 0 Å². The van der Waals surface area contributed by atoms with Crippen LogP contribution in [0.4, 0.5) is 5.82 Å². The molecule has 1 aromatic heterocycles. The molecule has 2 N–H and O–H groups in total. The van der Waals surface area contributed by atoms with E-state index in [1.807, 2.05) is 19.2 Å². The van der Waals surface area contributed by atoms with Gasteiger partial charge in [-0.05, 0) is 25.0 Å². The van der Waals surface area contributed by atoms with E-state index in [2.05, 4.69) is 9.88 Å². The van der Waals surface area contributed by atoms with Crippen LogP contribution in [-0.4, -0.2) is 24.1 Å². The summed E-state index contributed by atoms with van der Waals surface area (Å²) in [7, 11) is 2.02. The second-order valence-electron chi connectivity index (χ2n) is 3.81. The lowest BCUT2D eigenvalue weighted by Gasteiger charge is -2.40. The Balaban J connectivity index is 2.11. The number of pyridine rings is 1. The summed E-state index contributed by atoms with van der Waals surface area (Å²) < 4.78 is 0. The zero-order chi connectivity index (χ0) is 10.1. The summed E-state index contributed by atoms with van der Waals surface area (Å²) in [6.45, 7) is 0. The van der Waals surface area contributed by atoms with Crippen LogP contribution >= 0.6 is 11.6 Å². The van der Waals surface area contributed by atoms with Gasteiger partial charge in [-0.25, -0.2) is 4.98 Å². The lowest BCUT2D eigenvalue weighted by Crippen LogP contribution is -2.49. The lowest BCUT2D eigenvalue weighted by atomic mass is 9.86. The molecule has 2 rings (SSSR count). The molecular weight excluding hydrogens is 198 g/mol. The Morgan fingerprint density at radius 2 is 2.29 bits per heavy atom. The molecule has 0 amide bonds. The van der Waals surface area contributed by atoms with Crippen molar-refractivity contribution in [1.82, 2.24) is 4.98 Å². The monoisotopic (exact) mass is 211 g/mol. The van der Waals surface area contributed by atoms with Crippen LogP contribution in [0.2, 0.25) is 5.02 Å². The van der Waals surface area contributed by atoms with Crippen molar-refractivity contribution >= 4 is 17.4 Å². The first-order valence-corrected chi connectivity index (χ1v) is 5.15. The van der Waals surface area contributed by atoms with Crippen LogP contribution in [0.3, 0.4) is 0 Å². The Morgan fingerprint density at radius 3 is 2.86 bits per heavy atom. The maximum absolute atomic E-state index is 6.05. The van der Waals surface area contributed by atoms with Crippen LogP contribution < -0.4 is 10.6 Å². The maximum atomic E-state index is 6.05. The molecule has 14 heavy (non-hydrogen) atoms. The molecule has 1 aliphatic rings. The predicted octanol–water partition coefficient (Wildman–Crippen LogP) is 1.66. The van der Waals surface area contributed by atoms with Crippen molar-refractivity contribution in [3.8, 4) is 0 Å². The molecule has 76 valence electrons. The summed E-state index contributed by atoms with van der Waals surface area (Å²) in [5, 5.41) is 0.704. The van der Waals surface area contributed by atoms with Crippen LogP contribution in [0.1, 0.15) is 12.8 Å². The number of anilines is 1. The average molecular weight is 212 g/mol. The van der Waals surface area contributed by atoms with Gasteiger partial charge in [-0.3, -0.25) is 0 Å². The third-order valence-corrected chi connectivity index (χ3v) is 3.07. The molecule has 1 aromatic rings. The van der Waals surface area contributed by atoms with Gasteiger partial charge in [0.15, 0.2) is 0 Å². The summed E-state index contributed by atoms with van der Waals surface area (Å²) in [4.78, 5) is 6.38. The Kier molecular flexibility index (Phi) is 2.61. The SMILES string of the molecule is CN(c1ncccc1Cl)C1CC(N)C1. The van der Waals surface area contributed by atoms with E-state index >= 15 is 0 Å². The fourth-order valence-electron chi connectivity index (χ4n) is 1.76. The number of aromatic nitrogens is 1. The molecule has 1 fully saturated rings. The topological polar surface area (TPSA) is 42.2 Å². The molecule has 1 saturated carbocycles. The normalized spacial score (nSPS) is 25.6. The zero-order valence-electron chi connectivity index (χ0n) is 8.15. The van der Waals surface area contributed by atoms with Crippen LogP contribution in [-0.2, 0) is 0 Å². The van der Waals surface area contributed by atoms with Crippen LogP contribution in [0.5, 0.6) is 0 Å². The predicted molar refractivity (Wildman–Crippen MR) is 58.6 cm³/mol. The summed E-state index contributed by atoms with van der Waals surface area (Å²) >= 11 is 6.05. The van der Waals surface area contributed by atoms with Gasteiger partial charge in [0, 0.05) is 25.3 Å². The Hall–Kier alpha value is -0.800. The second kappa shape index (κ2) is 3.75. The van der Waals surface area contributed by atoms with E-state index in [9.17, 15) is 0 Å². The molecule has 0 bridgehead atoms. The standard InChI is InChI=1S/C10H14ClN3/c1-14(8-5-7(12)6-8)10-9(11)3-2-4-13-10/h2-4,7-8H,5-6,12H2,1H3. The van der Waals surface area contributed by atoms with Crippen molar-refractivity contribution in [2.45, 2.75) is 24.9 Å². The van der Waals surface area contributed by atoms with Crippen LogP contribution in [0.25, 0.3) is 0 Å². The van der Waals surface area contributed by atoms with Crippen LogP contribution in [0, 0.1) is 0 Å². The van der Waals surface area contributed by atoms with Crippen molar-refractivity contribution in [1.29, 1.82) is 0 Å². The maximum Gasteiger partial charge on any atom is 0.147 e. The summed E-state index contributed by atoms with van der Waals surface area (Å²) in [6.07, 6.45) is 3.82. The zero-order valence-corrected chi connectivity index (χ0v) is 8.91. The largest absolute Gasteiger partial charge is 0.355 e. The van der Waals surface area contributed by atoms with Gasteiger partial charge in [0.25, 0.3) is 0 Å². The van der Waals surface area contributed by atoms with Crippen molar-refractivity contribution in [3.63, 3.8) is 0 Å². The van der Waals surface area contributed by atoms with E-state index in [0.29, 0.717) is 17.1 Å². The molecular formula is C10H14ClN3. The molecule has 1 aliphatic carbocycles. The fraction of sp³-hybridized carbons (Fsp3) is 0.500. The first-order valence-electron chi connectivity index (χ1n) is 4.77. The molecule has 4 heteroatoms. The van der Waals surface area contributed by atoms with E-state index in [0.717, 1.165) is 18.7 Å². The quantitative estimate of drug-likeness (QED) is 0.809. The first kappa shape index (κ1) is 9.74. The average Bonchev–Trinajstić information content (AvgIpc) is 2.13. The van der Waals surface area contributed by atoms with E-state index in [-0.39, 0.29) is 0 Å². The highest BCUT2D eigenvalue weighted by Gasteiger charge is 2.30. The number of nitrogens with two attached hydrogens (primary N) is 1. The van der Waals surface area contributed by atoms with Crippen LogP contribution in [0.15, 0.2) is 18.3 Å². The molecule has 0 atom stereocenters. The van der Waals surface area contributed by atoms with Crippen molar-refractivity contribution in [3.05, 3.63) is 23.4 Å². The summed E-state index contributed by atoms with van der Waals surface area (Å²) in [5.41, 5.74) is 5.74. The molecule has 0 aliphatic heterocycles. The van der Waals surface area contributed by atoms with E-state index in [1.165, 1.54) is 0 Å². The van der Waals surface area contributed by atoms with Gasteiger partial charge >= 0.3 is 0 Å². The van der Waals surface area contributed by atoms with Gasteiger partial charge in [0.05, 0.1) is 5.02 Å². The number of halogens is 1. The minimum Gasteiger partial charge on any atom is -0.355 e. The number of hydrogen-bond donors (Lipinski definition) is 1. The van der Waals surface area contributed by atoms with Gasteiger partial charge in [0.1, 0.15) is 5.82 Å². The third-order valence-electron chi connectivity index (χ3n) is 2.77. The minimum atomic E-state index is 0.352. The number of rotatable bonds is 2. The highest BCUT2D eigenvalue weighted by Crippen LogP contribution is 2.30. The smallest absolute Gasteiger partial charge is 0.147 e. The molecule has 3 nitrogen and oxygen atoms in total. The molecule has 1 heterocycles. The first-order chi connectivity index (χ1) is 6.68. The molecule has 0 unspecified atom stereocenters.